The van der Waals surface area contributed by atoms with E-state index in [1.54, 1.807) is 6.07 Å². The highest BCUT2D eigenvalue weighted by molar-refractivity contribution is 6.09. The number of anilines is 2. The molecule has 0 aliphatic carbocycles. The average Bonchev–Trinajstić information content (AvgIpc) is 2.67. The Balaban J connectivity index is 1.82. The lowest BCUT2D eigenvalue weighted by molar-refractivity contribution is 0.102. The van der Waals surface area contributed by atoms with Crippen molar-refractivity contribution in [2.45, 2.75) is 13.8 Å². The number of rotatable bonds is 4. The van der Waals surface area contributed by atoms with Crippen LogP contribution in [-0.2, 0) is 0 Å². The van der Waals surface area contributed by atoms with Crippen LogP contribution in [0.15, 0.2) is 60.7 Å². The Kier molecular flexibility index (Phi) is 5.49. The molecule has 3 aromatic carbocycles. The van der Waals surface area contributed by atoms with Gasteiger partial charge in [0.15, 0.2) is 0 Å². The number of halogens is 2. The Morgan fingerprint density at radius 1 is 0.679 bits per heavy atom. The molecule has 0 saturated carbocycles. The molecule has 0 aliphatic heterocycles. The largest absolute Gasteiger partial charge is 0.322 e. The van der Waals surface area contributed by atoms with Crippen LogP contribution in [0.5, 0.6) is 0 Å². The second kappa shape index (κ2) is 8.00. The zero-order chi connectivity index (χ0) is 20.3. The van der Waals surface area contributed by atoms with E-state index in [4.69, 9.17) is 0 Å². The second-order valence-corrected chi connectivity index (χ2v) is 6.35. The van der Waals surface area contributed by atoms with Gasteiger partial charge in [0.2, 0.25) is 0 Å². The van der Waals surface area contributed by atoms with Crippen molar-refractivity contribution in [2.75, 3.05) is 10.6 Å². The van der Waals surface area contributed by atoms with Crippen molar-refractivity contribution in [3.8, 4) is 0 Å². The minimum atomic E-state index is -0.878. The van der Waals surface area contributed by atoms with E-state index in [0.29, 0.717) is 5.69 Å². The maximum Gasteiger partial charge on any atom is 0.255 e. The van der Waals surface area contributed by atoms with Crippen molar-refractivity contribution in [1.82, 2.24) is 0 Å². The van der Waals surface area contributed by atoms with Crippen LogP contribution in [0.25, 0.3) is 0 Å². The third kappa shape index (κ3) is 4.06. The molecule has 0 heterocycles. The van der Waals surface area contributed by atoms with Crippen LogP contribution in [0.1, 0.15) is 31.8 Å². The zero-order valence-electron chi connectivity index (χ0n) is 15.3. The third-order valence-corrected chi connectivity index (χ3v) is 4.31. The highest BCUT2D eigenvalue weighted by Gasteiger charge is 2.16. The molecule has 0 bridgehead atoms. The fraction of sp³-hybridized carbons (Fsp3) is 0.0909. The van der Waals surface area contributed by atoms with E-state index < -0.39 is 23.2 Å². The molecule has 0 spiro atoms. The van der Waals surface area contributed by atoms with Gasteiger partial charge in [0.25, 0.3) is 11.8 Å². The van der Waals surface area contributed by atoms with Crippen LogP contribution in [0.3, 0.4) is 0 Å². The van der Waals surface area contributed by atoms with Crippen molar-refractivity contribution in [3.63, 3.8) is 0 Å². The Hall–Kier alpha value is -3.54. The van der Waals surface area contributed by atoms with E-state index in [1.807, 2.05) is 32.0 Å². The number of benzene rings is 3. The summed E-state index contributed by atoms with van der Waals surface area (Å²) < 4.78 is 27.5. The van der Waals surface area contributed by atoms with E-state index in [1.165, 1.54) is 24.3 Å². The van der Waals surface area contributed by atoms with Gasteiger partial charge in [-0.25, -0.2) is 8.78 Å². The molecule has 2 N–H and O–H groups in total. The van der Waals surface area contributed by atoms with Crippen LogP contribution in [-0.4, -0.2) is 11.8 Å². The van der Waals surface area contributed by atoms with E-state index in [2.05, 4.69) is 10.6 Å². The van der Waals surface area contributed by atoms with Crippen LogP contribution < -0.4 is 10.6 Å². The highest BCUT2D eigenvalue weighted by Crippen LogP contribution is 2.21. The molecule has 2 amide bonds. The van der Waals surface area contributed by atoms with Crippen LogP contribution in [0, 0.1) is 25.5 Å². The molecule has 28 heavy (non-hydrogen) atoms. The fourth-order valence-corrected chi connectivity index (χ4v) is 2.80. The number of para-hydroxylation sites is 2. The number of amides is 2. The molecule has 3 rings (SSSR count). The second-order valence-electron chi connectivity index (χ2n) is 6.35. The molecule has 3 aromatic rings. The third-order valence-electron chi connectivity index (χ3n) is 4.31. The Morgan fingerprint density at radius 2 is 1.11 bits per heavy atom. The molecule has 6 heteroatoms. The maximum absolute atomic E-state index is 13.7. The summed E-state index contributed by atoms with van der Waals surface area (Å²) in [5.74, 6) is -2.86. The van der Waals surface area contributed by atoms with Crippen molar-refractivity contribution >= 4 is 23.2 Å². The molecule has 0 fully saturated rings. The summed E-state index contributed by atoms with van der Waals surface area (Å²) in [6.45, 7) is 3.77. The number of hydrogen-bond acceptors (Lipinski definition) is 2. The first-order chi connectivity index (χ1) is 13.4. The van der Waals surface area contributed by atoms with Gasteiger partial charge >= 0.3 is 0 Å². The lowest BCUT2D eigenvalue weighted by atomic mass is 10.1. The van der Waals surface area contributed by atoms with Gasteiger partial charge in [-0.05, 0) is 55.3 Å². The minimum Gasteiger partial charge on any atom is -0.322 e. The van der Waals surface area contributed by atoms with Gasteiger partial charge in [0.1, 0.15) is 17.3 Å². The molecule has 0 saturated heterocycles. The Morgan fingerprint density at radius 3 is 1.64 bits per heavy atom. The van der Waals surface area contributed by atoms with E-state index in [9.17, 15) is 18.4 Å². The van der Waals surface area contributed by atoms with Gasteiger partial charge in [-0.1, -0.05) is 30.3 Å². The van der Waals surface area contributed by atoms with E-state index in [0.717, 1.165) is 23.3 Å². The summed E-state index contributed by atoms with van der Waals surface area (Å²) in [7, 11) is 0. The highest BCUT2D eigenvalue weighted by atomic mass is 19.1. The molecular weight excluding hydrogens is 362 g/mol. The predicted octanol–water partition coefficient (Wildman–Crippen LogP) is 5.09. The van der Waals surface area contributed by atoms with Crippen molar-refractivity contribution < 1.29 is 18.4 Å². The first-order valence-electron chi connectivity index (χ1n) is 8.60. The molecule has 0 unspecified atom stereocenters. The Labute approximate surface area is 161 Å². The number of hydrogen-bond donors (Lipinski definition) is 2. The topological polar surface area (TPSA) is 58.2 Å². The number of carbonyl (C=O) groups is 2. The molecule has 4 nitrogen and oxygen atoms in total. The van der Waals surface area contributed by atoms with Crippen LogP contribution in [0.2, 0.25) is 0 Å². The Bertz CT molecular complexity index is 943. The van der Waals surface area contributed by atoms with Gasteiger partial charge in [-0.15, -0.1) is 0 Å². The van der Waals surface area contributed by atoms with Gasteiger partial charge < -0.3 is 10.6 Å². The predicted molar refractivity (Wildman–Crippen MR) is 105 cm³/mol. The average molecular weight is 380 g/mol. The summed E-state index contributed by atoms with van der Waals surface area (Å²) in [5, 5.41) is 5.05. The lowest BCUT2D eigenvalue weighted by Crippen LogP contribution is -2.17. The van der Waals surface area contributed by atoms with Crippen molar-refractivity contribution in [2.24, 2.45) is 0 Å². The van der Waals surface area contributed by atoms with Gasteiger partial charge in [0, 0.05) is 16.8 Å². The first-order valence-corrected chi connectivity index (χ1v) is 8.60. The summed E-state index contributed by atoms with van der Waals surface area (Å²) in [4.78, 5) is 25.0. The SMILES string of the molecule is Cc1cccc(C)c1NC(=O)c1cccc(C(=O)Nc2c(F)cccc2F)c1. The first kappa shape index (κ1) is 19.2. The number of nitrogens with one attached hydrogen (secondary N) is 2. The van der Waals surface area contributed by atoms with Gasteiger partial charge in [-0.3, -0.25) is 9.59 Å². The van der Waals surface area contributed by atoms with E-state index >= 15 is 0 Å². The minimum absolute atomic E-state index is 0.108. The summed E-state index contributed by atoms with van der Waals surface area (Å²) in [6, 6.07) is 14.9. The van der Waals surface area contributed by atoms with Crippen molar-refractivity contribution in [3.05, 3.63) is 94.6 Å². The quantitative estimate of drug-likeness (QED) is 0.663. The van der Waals surface area contributed by atoms with Crippen molar-refractivity contribution in [1.29, 1.82) is 0 Å². The van der Waals surface area contributed by atoms with E-state index in [-0.39, 0.29) is 17.0 Å². The zero-order valence-corrected chi connectivity index (χ0v) is 15.3. The summed E-state index contributed by atoms with van der Waals surface area (Å²) >= 11 is 0. The molecule has 0 aromatic heterocycles. The lowest BCUT2D eigenvalue weighted by Gasteiger charge is -2.12. The maximum atomic E-state index is 13.7. The van der Waals surface area contributed by atoms with Crippen LogP contribution in [0.4, 0.5) is 20.2 Å². The molecule has 0 radical (unpaired) electrons. The fourth-order valence-electron chi connectivity index (χ4n) is 2.80. The van der Waals surface area contributed by atoms with Gasteiger partial charge in [-0.2, -0.15) is 0 Å². The summed E-state index contributed by atoms with van der Waals surface area (Å²) in [6.07, 6.45) is 0. The number of aryl methyl sites for hydroxylation is 2. The monoisotopic (exact) mass is 380 g/mol. The van der Waals surface area contributed by atoms with Crippen LogP contribution >= 0.6 is 0 Å². The molecule has 0 atom stereocenters. The molecule has 0 aliphatic rings. The smallest absolute Gasteiger partial charge is 0.255 e. The molecule has 142 valence electrons. The van der Waals surface area contributed by atoms with Gasteiger partial charge in [0.05, 0.1) is 0 Å². The number of carbonyl (C=O) groups excluding carboxylic acids is 2. The standard InChI is InChI=1S/C22H18F2N2O2/c1-13-6-3-7-14(2)19(13)25-21(27)15-8-4-9-16(12-15)22(28)26-20-17(23)10-5-11-18(20)24/h3-12H,1-2H3,(H,25,27)(H,26,28). The normalized spacial score (nSPS) is 10.4. The summed E-state index contributed by atoms with van der Waals surface area (Å²) in [5.41, 5.74) is 2.37. The molecular formula is C22H18F2N2O2.